The van der Waals surface area contributed by atoms with Gasteiger partial charge in [-0.05, 0) is 24.6 Å². The number of hydrogen-bond acceptors (Lipinski definition) is 4. The number of phenols is 2. The molecule has 0 atom stereocenters. The fraction of sp³-hybridized carbons (Fsp3) is 0.682. The second-order valence-corrected chi connectivity index (χ2v) is 7.10. The molecule has 0 saturated heterocycles. The first-order chi connectivity index (χ1) is 12.6. The summed E-state index contributed by atoms with van der Waals surface area (Å²) < 4.78 is 5.20. The molecule has 0 amide bonds. The Morgan fingerprint density at radius 1 is 0.846 bits per heavy atom. The number of rotatable bonds is 15. The van der Waals surface area contributed by atoms with Gasteiger partial charge in [0.05, 0.1) is 13.0 Å². The number of carbonyl (C=O) groups is 1. The molecular formula is C22H36O4. The monoisotopic (exact) mass is 364 g/mol. The summed E-state index contributed by atoms with van der Waals surface area (Å²) in [6, 6.07) is 4.15. The molecule has 1 rings (SSSR count). The van der Waals surface area contributed by atoms with Crippen molar-refractivity contribution < 1.29 is 19.7 Å². The predicted molar refractivity (Wildman–Crippen MR) is 106 cm³/mol. The van der Waals surface area contributed by atoms with Crippen LogP contribution in [0.4, 0.5) is 0 Å². The van der Waals surface area contributed by atoms with E-state index in [9.17, 15) is 15.0 Å². The first-order valence-corrected chi connectivity index (χ1v) is 10.3. The van der Waals surface area contributed by atoms with Crippen LogP contribution < -0.4 is 0 Å². The molecule has 0 bridgehead atoms. The van der Waals surface area contributed by atoms with Gasteiger partial charge in [-0.1, -0.05) is 77.6 Å². The smallest absolute Gasteiger partial charge is 0.310 e. The van der Waals surface area contributed by atoms with Gasteiger partial charge in [-0.15, -0.1) is 0 Å². The minimum atomic E-state index is -0.367. The van der Waals surface area contributed by atoms with Crippen LogP contribution in [-0.2, 0) is 16.0 Å². The fourth-order valence-electron chi connectivity index (χ4n) is 3.05. The Hall–Kier alpha value is -1.71. The summed E-state index contributed by atoms with van der Waals surface area (Å²) in [7, 11) is 0. The molecule has 0 saturated carbocycles. The Bertz CT molecular complexity index is 499. The van der Waals surface area contributed by atoms with Crippen LogP contribution >= 0.6 is 0 Å². The molecule has 0 radical (unpaired) electrons. The molecule has 0 aliphatic carbocycles. The molecule has 0 heterocycles. The fourth-order valence-corrected chi connectivity index (χ4v) is 3.05. The Kier molecular flexibility index (Phi) is 12.4. The number of benzene rings is 1. The molecule has 1 aromatic rings. The van der Waals surface area contributed by atoms with Gasteiger partial charge < -0.3 is 14.9 Å². The minimum absolute atomic E-state index is 0.00473. The first kappa shape index (κ1) is 22.3. The highest BCUT2D eigenvalue weighted by Crippen LogP contribution is 2.22. The zero-order chi connectivity index (χ0) is 19.0. The lowest BCUT2D eigenvalue weighted by Crippen LogP contribution is -2.09. The largest absolute Gasteiger partial charge is 0.508 e. The molecule has 0 aliphatic rings. The van der Waals surface area contributed by atoms with Gasteiger partial charge in [0.1, 0.15) is 11.5 Å². The van der Waals surface area contributed by atoms with Crippen molar-refractivity contribution in [1.82, 2.24) is 0 Å². The average molecular weight is 365 g/mol. The third-order valence-corrected chi connectivity index (χ3v) is 4.66. The van der Waals surface area contributed by atoms with Crippen LogP contribution in [-0.4, -0.2) is 22.8 Å². The van der Waals surface area contributed by atoms with Crippen molar-refractivity contribution in [2.45, 2.75) is 90.4 Å². The van der Waals surface area contributed by atoms with Gasteiger partial charge in [0.25, 0.3) is 0 Å². The molecule has 0 aromatic heterocycles. The maximum Gasteiger partial charge on any atom is 0.310 e. The second-order valence-electron chi connectivity index (χ2n) is 7.10. The first-order valence-electron chi connectivity index (χ1n) is 10.3. The van der Waals surface area contributed by atoms with Crippen LogP contribution in [0.2, 0.25) is 0 Å². The highest BCUT2D eigenvalue weighted by Gasteiger charge is 2.09. The molecule has 26 heavy (non-hydrogen) atoms. The quantitative estimate of drug-likeness (QED) is 0.231. The zero-order valence-electron chi connectivity index (χ0n) is 16.3. The van der Waals surface area contributed by atoms with E-state index >= 15 is 0 Å². The summed E-state index contributed by atoms with van der Waals surface area (Å²) in [5.74, 6) is -0.328. The third-order valence-electron chi connectivity index (χ3n) is 4.66. The standard InChI is InChI=1S/C22H36O4/c1-2-3-4-5-6-7-8-9-10-11-12-13-16-26-22(25)18-19-17-20(23)14-15-21(19)24/h14-15,17,23-24H,2-13,16,18H2,1H3. The topological polar surface area (TPSA) is 66.8 Å². The maximum atomic E-state index is 11.8. The van der Waals surface area contributed by atoms with Crippen molar-refractivity contribution >= 4 is 5.97 Å². The van der Waals surface area contributed by atoms with Crippen LogP contribution in [0.3, 0.4) is 0 Å². The van der Waals surface area contributed by atoms with E-state index in [4.69, 9.17) is 4.74 Å². The second kappa shape index (κ2) is 14.5. The summed E-state index contributed by atoms with van der Waals surface area (Å²) in [6.07, 6.45) is 15.3. The van der Waals surface area contributed by atoms with Gasteiger partial charge in [0, 0.05) is 5.56 Å². The Morgan fingerprint density at radius 2 is 1.38 bits per heavy atom. The van der Waals surface area contributed by atoms with E-state index in [2.05, 4.69) is 6.92 Å². The Balaban J connectivity index is 1.92. The highest BCUT2D eigenvalue weighted by molar-refractivity contribution is 5.73. The predicted octanol–water partition coefficient (Wildman–Crippen LogP) is 5.88. The van der Waals surface area contributed by atoms with Crippen molar-refractivity contribution in [3.05, 3.63) is 23.8 Å². The molecule has 148 valence electrons. The molecule has 1 aromatic carbocycles. The van der Waals surface area contributed by atoms with E-state index in [1.165, 1.54) is 82.4 Å². The maximum absolute atomic E-state index is 11.8. The molecule has 0 fully saturated rings. The van der Waals surface area contributed by atoms with E-state index < -0.39 is 0 Å². The lowest BCUT2D eigenvalue weighted by atomic mass is 10.1. The van der Waals surface area contributed by atoms with Crippen molar-refractivity contribution in [1.29, 1.82) is 0 Å². The van der Waals surface area contributed by atoms with Gasteiger partial charge in [-0.2, -0.15) is 0 Å². The van der Waals surface area contributed by atoms with Crippen LogP contribution in [0, 0.1) is 0 Å². The van der Waals surface area contributed by atoms with Gasteiger partial charge in [0.2, 0.25) is 0 Å². The van der Waals surface area contributed by atoms with E-state index in [0.29, 0.717) is 12.2 Å². The SMILES string of the molecule is CCCCCCCCCCCCCCOC(=O)Cc1cc(O)ccc1O. The lowest BCUT2D eigenvalue weighted by Gasteiger charge is -2.07. The minimum Gasteiger partial charge on any atom is -0.508 e. The Morgan fingerprint density at radius 3 is 1.96 bits per heavy atom. The molecule has 4 heteroatoms. The molecule has 4 nitrogen and oxygen atoms in total. The summed E-state index contributed by atoms with van der Waals surface area (Å²) in [4.78, 5) is 11.8. The number of phenolic OH excluding ortho intramolecular Hbond substituents is 2. The van der Waals surface area contributed by atoms with Crippen LogP contribution in [0.5, 0.6) is 11.5 Å². The summed E-state index contributed by atoms with van der Waals surface area (Å²) >= 11 is 0. The van der Waals surface area contributed by atoms with Crippen molar-refractivity contribution in [3.8, 4) is 11.5 Å². The van der Waals surface area contributed by atoms with E-state index in [0.717, 1.165) is 12.8 Å². The summed E-state index contributed by atoms with van der Waals surface area (Å²) in [5.41, 5.74) is 0.393. The molecule has 0 unspecified atom stereocenters. The number of carbonyl (C=O) groups excluding carboxylic acids is 1. The average Bonchev–Trinajstić information content (AvgIpc) is 2.62. The number of aromatic hydroxyl groups is 2. The summed E-state index contributed by atoms with van der Waals surface area (Å²) in [5, 5.41) is 19.0. The zero-order valence-corrected chi connectivity index (χ0v) is 16.3. The van der Waals surface area contributed by atoms with E-state index in [1.807, 2.05) is 0 Å². The van der Waals surface area contributed by atoms with Crippen LogP contribution in [0.1, 0.15) is 89.5 Å². The van der Waals surface area contributed by atoms with E-state index in [-0.39, 0.29) is 23.9 Å². The van der Waals surface area contributed by atoms with Gasteiger partial charge >= 0.3 is 5.97 Å². The molecule has 0 aliphatic heterocycles. The third kappa shape index (κ3) is 11.0. The number of ether oxygens (including phenoxy) is 1. The normalized spacial score (nSPS) is 10.8. The van der Waals surface area contributed by atoms with Crippen LogP contribution in [0.15, 0.2) is 18.2 Å². The van der Waals surface area contributed by atoms with Gasteiger partial charge in [0.15, 0.2) is 0 Å². The van der Waals surface area contributed by atoms with E-state index in [1.54, 1.807) is 0 Å². The van der Waals surface area contributed by atoms with Gasteiger partial charge in [-0.3, -0.25) is 4.79 Å². The number of unbranched alkanes of at least 4 members (excludes halogenated alkanes) is 11. The lowest BCUT2D eigenvalue weighted by molar-refractivity contribution is -0.143. The van der Waals surface area contributed by atoms with Crippen LogP contribution in [0.25, 0.3) is 0 Å². The number of esters is 1. The molecule has 2 N–H and O–H groups in total. The molecular weight excluding hydrogens is 328 g/mol. The summed E-state index contributed by atoms with van der Waals surface area (Å²) in [6.45, 7) is 2.68. The number of hydrogen-bond donors (Lipinski definition) is 2. The van der Waals surface area contributed by atoms with Crippen molar-refractivity contribution in [3.63, 3.8) is 0 Å². The highest BCUT2D eigenvalue weighted by atomic mass is 16.5. The van der Waals surface area contributed by atoms with Crippen molar-refractivity contribution in [2.24, 2.45) is 0 Å². The van der Waals surface area contributed by atoms with Crippen molar-refractivity contribution in [2.75, 3.05) is 6.61 Å². The Labute approximate surface area is 158 Å². The molecule has 0 spiro atoms. The van der Waals surface area contributed by atoms with Gasteiger partial charge in [-0.25, -0.2) is 0 Å².